The standard InChI is InChI=1S/C32H18N8S3/c41-14-8-10-18-21(12-14)31-36-27(18)34-25-16-4-1-2-5-17(16)26(33-25)35-30-22-13-15(42)9-11-19(22)28(37-30)39-32-24-20(29(38-31)40-32)6-3-7-23(24)43/h1-13,41-43H,(H2,33,34,35,36,37,38,39,40). The predicted molar refractivity (Wildman–Crippen MR) is 178 cm³/mol. The first-order valence-corrected chi connectivity index (χ1v) is 14.7. The molecule has 11 heteroatoms. The summed E-state index contributed by atoms with van der Waals surface area (Å²) < 4.78 is 0. The molecule has 3 aromatic heterocycles. The van der Waals surface area contributed by atoms with Crippen molar-refractivity contribution in [2.75, 3.05) is 0 Å². The second-order valence-electron chi connectivity index (χ2n) is 10.3. The monoisotopic (exact) mass is 610 g/mol. The Hall–Kier alpha value is -4.71. The fraction of sp³-hybridized carbons (Fsp3) is 0. The molecule has 9 rings (SSSR count). The lowest BCUT2D eigenvalue weighted by atomic mass is 10.1. The van der Waals surface area contributed by atoms with E-state index < -0.39 is 0 Å². The van der Waals surface area contributed by atoms with E-state index in [0.29, 0.717) is 45.9 Å². The van der Waals surface area contributed by atoms with Crippen molar-refractivity contribution in [3.05, 3.63) is 78.9 Å². The van der Waals surface area contributed by atoms with E-state index in [1.54, 1.807) is 0 Å². The topological polar surface area (TPSA) is 109 Å². The number of aromatic nitrogens is 8. The molecule has 0 unspecified atom stereocenters. The van der Waals surface area contributed by atoms with E-state index in [-0.39, 0.29) is 0 Å². The average Bonchev–Trinajstić information content (AvgIpc) is 3.72. The van der Waals surface area contributed by atoms with Gasteiger partial charge in [-0.05, 0) is 42.5 Å². The first-order chi connectivity index (χ1) is 21.0. The van der Waals surface area contributed by atoms with Crippen LogP contribution in [0.1, 0.15) is 0 Å². The number of nitrogens with zero attached hydrogens (tertiary/aromatic N) is 6. The Bertz CT molecular complexity index is 2520. The summed E-state index contributed by atoms with van der Waals surface area (Å²) in [5.41, 5.74) is 5.94. The van der Waals surface area contributed by atoms with Crippen LogP contribution in [-0.2, 0) is 0 Å². The molecule has 0 atom stereocenters. The molecule has 0 radical (unpaired) electrons. The summed E-state index contributed by atoms with van der Waals surface area (Å²) in [5, 5.41) is 3.50. The van der Waals surface area contributed by atoms with Crippen LogP contribution in [0.5, 0.6) is 0 Å². The highest BCUT2D eigenvalue weighted by molar-refractivity contribution is 7.80. The summed E-state index contributed by atoms with van der Waals surface area (Å²) in [6, 6.07) is 25.6. The zero-order chi connectivity index (χ0) is 28.8. The summed E-state index contributed by atoms with van der Waals surface area (Å²) in [7, 11) is 0. The molecule has 0 aliphatic carbocycles. The molecule has 2 N–H and O–H groups in total. The van der Waals surface area contributed by atoms with Gasteiger partial charge in [-0.25, -0.2) is 29.9 Å². The molecule has 4 aromatic carbocycles. The Balaban J connectivity index is 1.52. The third kappa shape index (κ3) is 3.82. The van der Waals surface area contributed by atoms with Crippen molar-refractivity contribution < 1.29 is 0 Å². The number of hydrogen-bond donors (Lipinski definition) is 5. The molecule has 0 amide bonds. The van der Waals surface area contributed by atoms with Gasteiger partial charge in [-0.1, -0.05) is 36.4 Å². The van der Waals surface area contributed by atoms with Crippen molar-refractivity contribution in [2.45, 2.75) is 14.7 Å². The zero-order valence-electron chi connectivity index (χ0n) is 22.0. The van der Waals surface area contributed by atoms with Gasteiger partial charge < -0.3 is 9.97 Å². The van der Waals surface area contributed by atoms with Crippen molar-refractivity contribution in [1.29, 1.82) is 0 Å². The van der Waals surface area contributed by atoms with Crippen LogP contribution in [0.4, 0.5) is 0 Å². The van der Waals surface area contributed by atoms with Gasteiger partial charge >= 0.3 is 0 Å². The van der Waals surface area contributed by atoms with Gasteiger partial charge in [0.1, 0.15) is 22.6 Å². The number of hydrogen-bond acceptors (Lipinski definition) is 9. The minimum Gasteiger partial charge on any atom is -0.324 e. The number of H-pyrrole nitrogens is 2. The number of aromatic amines is 2. The Labute approximate surface area is 260 Å². The molecule has 0 fully saturated rings. The molecule has 0 spiro atoms. The van der Waals surface area contributed by atoms with E-state index in [1.807, 2.05) is 78.9 Å². The zero-order valence-corrected chi connectivity index (χ0v) is 24.7. The molecule has 204 valence electrons. The fourth-order valence-electron chi connectivity index (χ4n) is 5.75. The summed E-state index contributed by atoms with van der Waals surface area (Å²) in [6.07, 6.45) is 0. The van der Waals surface area contributed by atoms with Crippen LogP contribution < -0.4 is 0 Å². The highest BCUT2D eigenvalue weighted by Crippen LogP contribution is 2.39. The molecule has 0 saturated heterocycles. The Morgan fingerprint density at radius 1 is 0.419 bits per heavy atom. The van der Waals surface area contributed by atoms with E-state index >= 15 is 0 Å². The smallest absolute Gasteiger partial charge is 0.164 e. The highest BCUT2D eigenvalue weighted by atomic mass is 32.1. The maximum Gasteiger partial charge on any atom is 0.164 e. The van der Waals surface area contributed by atoms with Gasteiger partial charge in [-0.3, -0.25) is 0 Å². The van der Waals surface area contributed by atoms with Gasteiger partial charge in [0.15, 0.2) is 23.3 Å². The average molecular weight is 611 g/mol. The summed E-state index contributed by atoms with van der Waals surface area (Å²) in [5.74, 6) is 2.12. The number of fused-ring (bicyclic) bond motifs is 20. The van der Waals surface area contributed by atoms with E-state index in [1.165, 1.54) is 0 Å². The molecule has 43 heavy (non-hydrogen) atoms. The van der Waals surface area contributed by atoms with Crippen LogP contribution in [0.25, 0.3) is 89.7 Å². The molecular weight excluding hydrogens is 593 g/mol. The number of thiol groups is 3. The Kier molecular flexibility index (Phi) is 5.28. The number of nitrogens with one attached hydrogen (secondary N) is 2. The molecule has 0 saturated carbocycles. The van der Waals surface area contributed by atoms with Gasteiger partial charge in [-0.2, -0.15) is 0 Å². The van der Waals surface area contributed by atoms with Crippen molar-refractivity contribution in [3.8, 4) is 45.6 Å². The van der Waals surface area contributed by atoms with Gasteiger partial charge in [0.25, 0.3) is 0 Å². The molecule has 7 aromatic rings. The minimum atomic E-state index is 0.519. The lowest BCUT2D eigenvalue weighted by molar-refractivity contribution is 1.17. The third-order valence-corrected chi connectivity index (χ3v) is 8.64. The summed E-state index contributed by atoms with van der Waals surface area (Å²) in [4.78, 5) is 39.2. The molecule has 8 nitrogen and oxygen atoms in total. The van der Waals surface area contributed by atoms with Gasteiger partial charge in [-0.15, -0.1) is 37.9 Å². The van der Waals surface area contributed by atoms with Crippen LogP contribution in [0, 0.1) is 0 Å². The van der Waals surface area contributed by atoms with Crippen LogP contribution in [0.3, 0.4) is 0 Å². The van der Waals surface area contributed by atoms with E-state index in [4.69, 9.17) is 42.5 Å². The van der Waals surface area contributed by atoms with Gasteiger partial charge in [0, 0.05) is 58.5 Å². The van der Waals surface area contributed by atoms with E-state index in [9.17, 15) is 0 Å². The minimum absolute atomic E-state index is 0.519. The van der Waals surface area contributed by atoms with Gasteiger partial charge in [0.05, 0.1) is 0 Å². The van der Waals surface area contributed by atoms with Crippen molar-refractivity contribution in [3.63, 3.8) is 0 Å². The number of rotatable bonds is 0. The van der Waals surface area contributed by atoms with Crippen LogP contribution >= 0.6 is 37.9 Å². The van der Waals surface area contributed by atoms with E-state index in [2.05, 4.69) is 35.2 Å². The molecular formula is C32H18N8S3. The first-order valence-electron chi connectivity index (χ1n) is 13.4. The summed E-state index contributed by atoms with van der Waals surface area (Å²) >= 11 is 14.0. The van der Waals surface area contributed by atoms with Crippen LogP contribution in [-0.4, -0.2) is 39.9 Å². The fourth-order valence-corrected chi connectivity index (χ4v) is 6.47. The van der Waals surface area contributed by atoms with Gasteiger partial charge in [0.2, 0.25) is 0 Å². The highest BCUT2D eigenvalue weighted by Gasteiger charge is 2.23. The molecule has 2 aliphatic heterocycles. The second kappa shape index (κ2) is 9.14. The number of benzene rings is 4. The normalized spacial score (nSPS) is 12.1. The predicted octanol–water partition coefficient (Wildman–Crippen LogP) is 7.74. The molecule has 2 aliphatic rings. The molecule has 8 bridgehead atoms. The molecule has 5 heterocycles. The third-order valence-electron chi connectivity index (χ3n) is 7.71. The van der Waals surface area contributed by atoms with Crippen LogP contribution in [0.15, 0.2) is 93.5 Å². The summed E-state index contributed by atoms with van der Waals surface area (Å²) in [6.45, 7) is 0. The first kappa shape index (κ1) is 24.8. The van der Waals surface area contributed by atoms with Crippen molar-refractivity contribution >= 4 is 82.0 Å². The second-order valence-corrected chi connectivity index (χ2v) is 11.8. The Morgan fingerprint density at radius 2 is 1.00 bits per heavy atom. The van der Waals surface area contributed by atoms with Crippen molar-refractivity contribution in [2.24, 2.45) is 0 Å². The van der Waals surface area contributed by atoms with Crippen molar-refractivity contribution in [1.82, 2.24) is 39.9 Å². The largest absolute Gasteiger partial charge is 0.324 e. The maximum atomic E-state index is 5.08. The quantitative estimate of drug-likeness (QED) is 0.112. The lowest BCUT2D eigenvalue weighted by Gasteiger charge is -2.00. The SMILES string of the molecule is Sc1ccc2c(c1)-c1nc-2nc2nc(nc3[nH]c(nc4[nH]c(n1)c1cccc(S)c41)c1ccc(S)cc31)-c1ccccc1-2. The van der Waals surface area contributed by atoms with E-state index in [0.717, 1.165) is 58.5 Å². The maximum absolute atomic E-state index is 5.08. The van der Waals surface area contributed by atoms with Crippen LogP contribution in [0.2, 0.25) is 0 Å². The lowest BCUT2D eigenvalue weighted by Crippen LogP contribution is -1.85. The Morgan fingerprint density at radius 3 is 1.77 bits per heavy atom.